The van der Waals surface area contributed by atoms with E-state index in [0.29, 0.717) is 11.9 Å². The molecule has 0 saturated carbocycles. The van der Waals surface area contributed by atoms with Crippen LogP contribution in [0.4, 0.5) is 11.6 Å². The minimum Gasteiger partial charge on any atom is -0.381 e. The second kappa shape index (κ2) is 4.14. The molecular weight excluding hydrogens is 214 g/mol. The van der Waals surface area contributed by atoms with E-state index in [1.54, 1.807) is 12.4 Å². The maximum absolute atomic E-state index is 5.91. The van der Waals surface area contributed by atoms with Crippen molar-refractivity contribution in [3.8, 4) is 0 Å². The third kappa shape index (κ3) is 1.84. The zero-order valence-corrected chi connectivity index (χ0v) is 10.2. The molecule has 1 aromatic rings. The monoisotopic (exact) mass is 233 g/mol. The number of anilines is 2. The van der Waals surface area contributed by atoms with E-state index >= 15 is 0 Å². The SMILES string of the molecule is CN1C2CCC1CN(c1nccnc1N)CC2. The van der Waals surface area contributed by atoms with E-state index in [4.69, 9.17) is 5.73 Å². The number of fused-ring (bicyclic) bond motifs is 2. The van der Waals surface area contributed by atoms with Crippen molar-refractivity contribution in [2.24, 2.45) is 0 Å². The standard InChI is InChI=1S/C12H19N5/c1-16-9-2-3-10(16)8-17(7-4-9)12-11(13)14-5-6-15-12/h5-6,9-10H,2-4,7-8H2,1H3,(H2,13,14). The summed E-state index contributed by atoms with van der Waals surface area (Å²) in [6.07, 6.45) is 7.19. The summed E-state index contributed by atoms with van der Waals surface area (Å²) < 4.78 is 0. The van der Waals surface area contributed by atoms with Crippen LogP contribution in [0, 0.1) is 0 Å². The van der Waals surface area contributed by atoms with Crippen molar-refractivity contribution in [3.63, 3.8) is 0 Å². The van der Waals surface area contributed by atoms with Gasteiger partial charge in [0, 0.05) is 37.6 Å². The van der Waals surface area contributed by atoms with Crippen LogP contribution in [-0.4, -0.2) is 47.1 Å². The summed E-state index contributed by atoms with van der Waals surface area (Å²) in [4.78, 5) is 13.3. The second-order valence-corrected chi connectivity index (χ2v) is 5.05. The Hall–Kier alpha value is -1.36. The molecule has 2 saturated heterocycles. The third-order valence-corrected chi connectivity index (χ3v) is 4.15. The molecule has 2 aliphatic heterocycles. The fourth-order valence-corrected chi connectivity index (χ4v) is 3.09. The molecule has 0 radical (unpaired) electrons. The Bertz CT molecular complexity index is 408. The molecule has 5 nitrogen and oxygen atoms in total. The van der Waals surface area contributed by atoms with Crippen LogP contribution in [0.5, 0.6) is 0 Å². The lowest BCUT2D eigenvalue weighted by Gasteiger charge is -2.26. The van der Waals surface area contributed by atoms with Gasteiger partial charge < -0.3 is 10.6 Å². The predicted molar refractivity (Wildman–Crippen MR) is 67.8 cm³/mol. The number of likely N-dealkylation sites (N-methyl/N-ethyl adjacent to an activating group) is 1. The summed E-state index contributed by atoms with van der Waals surface area (Å²) in [6.45, 7) is 2.06. The Labute approximate surface area is 102 Å². The molecule has 3 rings (SSSR count). The van der Waals surface area contributed by atoms with Gasteiger partial charge in [-0.15, -0.1) is 0 Å². The van der Waals surface area contributed by atoms with Gasteiger partial charge in [-0.05, 0) is 26.3 Å². The summed E-state index contributed by atoms with van der Waals surface area (Å²) in [7, 11) is 2.24. The topological polar surface area (TPSA) is 58.3 Å². The summed E-state index contributed by atoms with van der Waals surface area (Å²) in [5.74, 6) is 1.40. The molecule has 2 unspecified atom stereocenters. The molecule has 3 heterocycles. The number of hydrogen-bond donors (Lipinski definition) is 1. The Kier molecular flexibility index (Phi) is 2.63. The number of rotatable bonds is 1. The lowest BCUT2D eigenvalue weighted by Crippen LogP contribution is -2.37. The summed E-state index contributed by atoms with van der Waals surface area (Å²) in [6, 6.07) is 1.38. The summed E-state index contributed by atoms with van der Waals surface area (Å²) in [5, 5.41) is 0. The molecule has 0 amide bonds. The molecule has 0 aliphatic carbocycles. The van der Waals surface area contributed by atoms with E-state index in [-0.39, 0.29) is 0 Å². The average molecular weight is 233 g/mol. The molecule has 0 spiro atoms. The molecule has 2 atom stereocenters. The molecule has 2 fully saturated rings. The zero-order chi connectivity index (χ0) is 11.8. The molecule has 0 aromatic carbocycles. The Balaban J connectivity index is 1.84. The Morgan fingerprint density at radius 3 is 2.76 bits per heavy atom. The van der Waals surface area contributed by atoms with Gasteiger partial charge in [-0.3, -0.25) is 4.90 Å². The lowest BCUT2D eigenvalue weighted by atomic mass is 10.1. The maximum atomic E-state index is 5.91. The molecule has 2 N–H and O–H groups in total. The van der Waals surface area contributed by atoms with Crippen LogP contribution in [0.25, 0.3) is 0 Å². The first-order valence-electron chi connectivity index (χ1n) is 6.29. The number of nitrogens with zero attached hydrogens (tertiary/aromatic N) is 4. The highest BCUT2D eigenvalue weighted by Crippen LogP contribution is 2.31. The van der Waals surface area contributed by atoms with Crippen molar-refractivity contribution >= 4 is 11.6 Å². The number of nitrogens with two attached hydrogens (primary N) is 1. The van der Waals surface area contributed by atoms with Crippen molar-refractivity contribution in [1.82, 2.24) is 14.9 Å². The highest BCUT2D eigenvalue weighted by Gasteiger charge is 2.35. The fraction of sp³-hybridized carbons (Fsp3) is 0.667. The molecule has 17 heavy (non-hydrogen) atoms. The Morgan fingerprint density at radius 2 is 1.94 bits per heavy atom. The van der Waals surface area contributed by atoms with Crippen LogP contribution in [0.2, 0.25) is 0 Å². The first kappa shape index (κ1) is 10.8. The van der Waals surface area contributed by atoms with E-state index in [1.807, 2.05) is 0 Å². The fourth-order valence-electron chi connectivity index (χ4n) is 3.09. The number of hydrogen-bond acceptors (Lipinski definition) is 5. The predicted octanol–water partition coefficient (Wildman–Crippen LogP) is 0.732. The molecular formula is C12H19N5. The van der Waals surface area contributed by atoms with Gasteiger partial charge in [0.2, 0.25) is 0 Å². The molecule has 1 aromatic heterocycles. The highest BCUT2D eigenvalue weighted by molar-refractivity contribution is 5.57. The van der Waals surface area contributed by atoms with Crippen LogP contribution in [0.3, 0.4) is 0 Å². The minimum absolute atomic E-state index is 0.549. The van der Waals surface area contributed by atoms with Crippen LogP contribution < -0.4 is 10.6 Å². The van der Waals surface area contributed by atoms with E-state index < -0.39 is 0 Å². The number of aromatic nitrogens is 2. The highest BCUT2D eigenvalue weighted by atomic mass is 15.3. The molecule has 92 valence electrons. The van der Waals surface area contributed by atoms with Crippen molar-refractivity contribution in [2.75, 3.05) is 30.8 Å². The molecule has 5 heteroatoms. The van der Waals surface area contributed by atoms with Crippen LogP contribution in [-0.2, 0) is 0 Å². The second-order valence-electron chi connectivity index (χ2n) is 5.05. The normalized spacial score (nSPS) is 29.4. The van der Waals surface area contributed by atoms with Gasteiger partial charge in [0.05, 0.1) is 0 Å². The summed E-state index contributed by atoms with van der Waals surface area (Å²) in [5.41, 5.74) is 5.91. The lowest BCUT2D eigenvalue weighted by molar-refractivity contribution is 0.254. The first-order valence-corrected chi connectivity index (χ1v) is 6.29. The minimum atomic E-state index is 0.549. The Morgan fingerprint density at radius 1 is 1.18 bits per heavy atom. The van der Waals surface area contributed by atoms with Gasteiger partial charge in [-0.2, -0.15) is 0 Å². The zero-order valence-electron chi connectivity index (χ0n) is 10.2. The van der Waals surface area contributed by atoms with Gasteiger partial charge >= 0.3 is 0 Å². The van der Waals surface area contributed by atoms with Gasteiger partial charge in [0.15, 0.2) is 11.6 Å². The van der Waals surface area contributed by atoms with Gasteiger partial charge in [0.25, 0.3) is 0 Å². The third-order valence-electron chi connectivity index (χ3n) is 4.15. The smallest absolute Gasteiger partial charge is 0.171 e. The number of nitrogen functional groups attached to an aromatic ring is 1. The largest absolute Gasteiger partial charge is 0.381 e. The van der Waals surface area contributed by atoms with Crippen molar-refractivity contribution in [1.29, 1.82) is 0 Å². The average Bonchev–Trinajstić information content (AvgIpc) is 2.55. The van der Waals surface area contributed by atoms with E-state index in [0.717, 1.165) is 24.9 Å². The van der Waals surface area contributed by atoms with Crippen LogP contribution >= 0.6 is 0 Å². The summed E-state index contributed by atoms with van der Waals surface area (Å²) >= 11 is 0. The first-order chi connectivity index (χ1) is 8.25. The van der Waals surface area contributed by atoms with E-state index in [1.165, 1.54) is 19.3 Å². The van der Waals surface area contributed by atoms with Gasteiger partial charge in [0.1, 0.15) is 0 Å². The van der Waals surface area contributed by atoms with Crippen molar-refractivity contribution in [2.45, 2.75) is 31.3 Å². The van der Waals surface area contributed by atoms with E-state index in [9.17, 15) is 0 Å². The quantitative estimate of drug-likeness (QED) is 0.775. The van der Waals surface area contributed by atoms with Crippen LogP contribution in [0.1, 0.15) is 19.3 Å². The maximum Gasteiger partial charge on any atom is 0.171 e. The van der Waals surface area contributed by atoms with Crippen molar-refractivity contribution in [3.05, 3.63) is 12.4 Å². The molecule has 2 bridgehead atoms. The van der Waals surface area contributed by atoms with Crippen LogP contribution in [0.15, 0.2) is 12.4 Å². The van der Waals surface area contributed by atoms with Gasteiger partial charge in [-0.25, -0.2) is 9.97 Å². The van der Waals surface area contributed by atoms with Crippen molar-refractivity contribution < 1.29 is 0 Å². The van der Waals surface area contributed by atoms with E-state index in [2.05, 4.69) is 26.8 Å². The van der Waals surface area contributed by atoms with Gasteiger partial charge in [-0.1, -0.05) is 0 Å². The molecule has 2 aliphatic rings.